The van der Waals surface area contributed by atoms with Crippen LogP contribution in [0.5, 0.6) is 0 Å². The highest BCUT2D eigenvalue weighted by Crippen LogP contribution is 2.29. The van der Waals surface area contributed by atoms with E-state index in [1.807, 2.05) is 13.0 Å². The molecule has 0 radical (unpaired) electrons. The first kappa shape index (κ1) is 11.6. The van der Waals surface area contributed by atoms with E-state index in [0.717, 1.165) is 0 Å². The summed E-state index contributed by atoms with van der Waals surface area (Å²) >= 11 is 1.47. The molecule has 1 N–H and O–H groups in total. The molecule has 0 aromatic rings. The normalized spacial score (nSPS) is 27.1. The molecule has 80 valence electrons. The fourth-order valence-electron chi connectivity index (χ4n) is 1.25. The SMILES string of the molecule is CC=CN(C(C)=O)C1COC(CO)S1. The first-order valence-electron chi connectivity index (χ1n) is 4.48. The molecule has 14 heavy (non-hydrogen) atoms. The number of allylic oxidation sites excluding steroid dienone is 1. The van der Waals surface area contributed by atoms with Crippen LogP contribution in [0.4, 0.5) is 0 Å². The van der Waals surface area contributed by atoms with Crippen LogP contribution in [0.25, 0.3) is 0 Å². The second kappa shape index (κ2) is 5.38. The Morgan fingerprint density at radius 2 is 2.50 bits per heavy atom. The lowest BCUT2D eigenvalue weighted by Crippen LogP contribution is -2.32. The summed E-state index contributed by atoms with van der Waals surface area (Å²) < 4.78 is 5.28. The molecule has 1 amide bonds. The van der Waals surface area contributed by atoms with Gasteiger partial charge in [-0.1, -0.05) is 6.08 Å². The number of hydrogen-bond donors (Lipinski definition) is 1. The molecule has 0 spiro atoms. The molecule has 1 saturated heterocycles. The number of nitrogens with zero attached hydrogens (tertiary/aromatic N) is 1. The average molecular weight is 217 g/mol. The fourth-order valence-corrected chi connectivity index (χ4v) is 2.35. The van der Waals surface area contributed by atoms with E-state index in [-0.39, 0.29) is 23.3 Å². The molecular weight excluding hydrogens is 202 g/mol. The number of aliphatic hydroxyl groups excluding tert-OH is 1. The Morgan fingerprint density at radius 1 is 1.79 bits per heavy atom. The van der Waals surface area contributed by atoms with Gasteiger partial charge in [0, 0.05) is 13.1 Å². The molecule has 0 aromatic carbocycles. The van der Waals surface area contributed by atoms with Crippen molar-refractivity contribution in [2.75, 3.05) is 13.2 Å². The summed E-state index contributed by atoms with van der Waals surface area (Å²) in [5.74, 6) is -0.0113. The molecule has 1 aliphatic rings. The number of aliphatic hydroxyl groups is 1. The molecule has 1 aliphatic heterocycles. The van der Waals surface area contributed by atoms with Gasteiger partial charge in [0.1, 0.15) is 10.8 Å². The van der Waals surface area contributed by atoms with E-state index in [0.29, 0.717) is 6.61 Å². The molecule has 0 bridgehead atoms. The van der Waals surface area contributed by atoms with Crippen LogP contribution in [-0.4, -0.2) is 39.9 Å². The Hall–Kier alpha value is -0.520. The van der Waals surface area contributed by atoms with Crippen LogP contribution in [0.15, 0.2) is 12.3 Å². The molecule has 0 saturated carbocycles. The van der Waals surface area contributed by atoms with Gasteiger partial charge in [0.2, 0.25) is 5.91 Å². The Balaban J connectivity index is 2.58. The quantitative estimate of drug-likeness (QED) is 0.759. The second-order valence-electron chi connectivity index (χ2n) is 2.94. The van der Waals surface area contributed by atoms with Gasteiger partial charge in [-0.2, -0.15) is 0 Å². The smallest absolute Gasteiger partial charge is 0.224 e. The maximum atomic E-state index is 11.3. The van der Waals surface area contributed by atoms with E-state index in [9.17, 15) is 4.79 Å². The molecular formula is C9H15NO3S. The number of rotatable bonds is 3. The van der Waals surface area contributed by atoms with Crippen LogP contribution in [0.2, 0.25) is 0 Å². The van der Waals surface area contributed by atoms with Crippen molar-refractivity contribution in [3.63, 3.8) is 0 Å². The molecule has 2 unspecified atom stereocenters. The Kier molecular flexibility index (Phi) is 4.44. The number of ether oxygens (including phenoxy) is 1. The van der Waals surface area contributed by atoms with E-state index < -0.39 is 0 Å². The molecule has 4 nitrogen and oxygen atoms in total. The van der Waals surface area contributed by atoms with Gasteiger partial charge in [-0.15, -0.1) is 11.8 Å². The summed E-state index contributed by atoms with van der Waals surface area (Å²) in [6.45, 7) is 3.84. The van der Waals surface area contributed by atoms with Crippen LogP contribution in [0, 0.1) is 0 Å². The number of hydrogen-bond acceptors (Lipinski definition) is 4. The first-order chi connectivity index (χ1) is 6.69. The van der Waals surface area contributed by atoms with Crippen molar-refractivity contribution in [3.05, 3.63) is 12.3 Å². The van der Waals surface area contributed by atoms with Crippen LogP contribution >= 0.6 is 11.8 Å². The Morgan fingerprint density at radius 3 is 2.93 bits per heavy atom. The van der Waals surface area contributed by atoms with Crippen molar-refractivity contribution >= 4 is 17.7 Å². The van der Waals surface area contributed by atoms with Gasteiger partial charge >= 0.3 is 0 Å². The van der Waals surface area contributed by atoms with Gasteiger partial charge in [-0.25, -0.2) is 0 Å². The zero-order valence-corrected chi connectivity index (χ0v) is 9.16. The molecule has 2 atom stereocenters. The minimum absolute atomic E-state index is 0.0112. The average Bonchev–Trinajstić information content (AvgIpc) is 2.61. The van der Waals surface area contributed by atoms with Crippen LogP contribution in [-0.2, 0) is 9.53 Å². The van der Waals surface area contributed by atoms with Crippen LogP contribution < -0.4 is 0 Å². The lowest BCUT2D eigenvalue weighted by Gasteiger charge is -2.21. The topological polar surface area (TPSA) is 49.8 Å². The van der Waals surface area contributed by atoms with E-state index in [1.54, 1.807) is 11.1 Å². The predicted octanol–water partition coefficient (Wildman–Crippen LogP) is 0.776. The third-order valence-electron chi connectivity index (χ3n) is 1.87. The summed E-state index contributed by atoms with van der Waals surface area (Å²) in [6.07, 6.45) is 3.55. The largest absolute Gasteiger partial charge is 0.393 e. The highest BCUT2D eigenvalue weighted by molar-refractivity contribution is 8.00. The highest BCUT2D eigenvalue weighted by Gasteiger charge is 2.30. The van der Waals surface area contributed by atoms with Crippen molar-refractivity contribution in [1.29, 1.82) is 0 Å². The molecule has 0 aromatic heterocycles. The summed E-state index contributed by atoms with van der Waals surface area (Å²) in [5, 5.41) is 8.85. The van der Waals surface area contributed by atoms with E-state index in [1.165, 1.54) is 18.7 Å². The van der Waals surface area contributed by atoms with Gasteiger partial charge in [-0.05, 0) is 6.92 Å². The number of amides is 1. The predicted molar refractivity (Wildman–Crippen MR) is 55.5 cm³/mol. The van der Waals surface area contributed by atoms with Gasteiger partial charge in [0.05, 0.1) is 13.2 Å². The zero-order valence-electron chi connectivity index (χ0n) is 8.34. The van der Waals surface area contributed by atoms with Crippen LogP contribution in [0.1, 0.15) is 13.8 Å². The number of thioether (sulfide) groups is 1. The molecule has 0 aliphatic carbocycles. The molecule has 1 rings (SSSR count). The standard InChI is InChI=1S/C9H15NO3S/c1-3-4-10(7(2)12)8-6-13-9(5-11)14-8/h3-4,8-9,11H,5-6H2,1-2H3. The number of carbonyl (C=O) groups excluding carboxylic acids is 1. The minimum Gasteiger partial charge on any atom is -0.393 e. The maximum absolute atomic E-state index is 11.3. The highest BCUT2D eigenvalue weighted by atomic mass is 32.2. The van der Waals surface area contributed by atoms with Gasteiger partial charge in [-0.3, -0.25) is 4.79 Å². The second-order valence-corrected chi connectivity index (χ2v) is 4.29. The lowest BCUT2D eigenvalue weighted by atomic mass is 10.5. The summed E-state index contributed by atoms with van der Waals surface area (Å²) in [6, 6.07) is 0. The van der Waals surface area contributed by atoms with Crippen molar-refractivity contribution in [3.8, 4) is 0 Å². The van der Waals surface area contributed by atoms with Crippen molar-refractivity contribution in [2.24, 2.45) is 0 Å². The minimum atomic E-state index is -0.202. The zero-order chi connectivity index (χ0) is 10.6. The summed E-state index contributed by atoms with van der Waals surface area (Å²) in [7, 11) is 0. The monoisotopic (exact) mass is 217 g/mol. The lowest BCUT2D eigenvalue weighted by molar-refractivity contribution is -0.127. The van der Waals surface area contributed by atoms with E-state index in [2.05, 4.69) is 0 Å². The third kappa shape index (κ3) is 2.73. The molecule has 1 fully saturated rings. The van der Waals surface area contributed by atoms with Crippen LogP contribution in [0.3, 0.4) is 0 Å². The van der Waals surface area contributed by atoms with E-state index in [4.69, 9.17) is 9.84 Å². The third-order valence-corrected chi connectivity index (χ3v) is 3.13. The van der Waals surface area contributed by atoms with Crippen molar-refractivity contribution in [2.45, 2.75) is 24.7 Å². The summed E-state index contributed by atoms with van der Waals surface area (Å²) in [4.78, 5) is 12.9. The first-order valence-corrected chi connectivity index (χ1v) is 5.43. The summed E-state index contributed by atoms with van der Waals surface area (Å²) in [5.41, 5.74) is -0.202. The molecule has 5 heteroatoms. The fraction of sp³-hybridized carbons (Fsp3) is 0.667. The van der Waals surface area contributed by atoms with Gasteiger partial charge in [0.25, 0.3) is 0 Å². The van der Waals surface area contributed by atoms with Crippen molar-refractivity contribution < 1.29 is 14.6 Å². The molecule has 1 heterocycles. The van der Waals surface area contributed by atoms with Gasteiger partial charge in [0.15, 0.2) is 0 Å². The Labute approximate surface area is 87.9 Å². The van der Waals surface area contributed by atoms with Gasteiger partial charge < -0.3 is 14.7 Å². The maximum Gasteiger partial charge on any atom is 0.224 e. The van der Waals surface area contributed by atoms with Crippen molar-refractivity contribution in [1.82, 2.24) is 4.90 Å². The number of carbonyl (C=O) groups is 1. The Bertz CT molecular complexity index is 232. The van der Waals surface area contributed by atoms with E-state index >= 15 is 0 Å².